The minimum atomic E-state index is -4.65. The van der Waals surface area contributed by atoms with E-state index in [-0.39, 0.29) is 37.6 Å². The highest BCUT2D eigenvalue weighted by Gasteiger charge is 2.36. The Morgan fingerprint density at radius 2 is 1.49 bits per heavy atom. The molecule has 2 heterocycles. The second-order valence-electron chi connectivity index (χ2n) is 8.13. The van der Waals surface area contributed by atoms with E-state index in [1.54, 1.807) is 4.90 Å². The molecule has 2 amide bonds. The Morgan fingerprint density at radius 3 is 2.11 bits per heavy atom. The van der Waals surface area contributed by atoms with E-state index >= 15 is 0 Å². The summed E-state index contributed by atoms with van der Waals surface area (Å²) in [5.74, 6) is -1.10. The number of alkyl halides is 6. The van der Waals surface area contributed by atoms with E-state index < -0.39 is 40.9 Å². The minimum Gasteiger partial charge on any atom is -0.352 e. The SMILES string of the molecule is O=C(Nc1cccc(C(F)(F)F)c1)c1ccc(N2CCN(C(=O)c3ccccc3C(F)(F)F)CC2)nn1. The number of rotatable bonds is 4. The smallest absolute Gasteiger partial charge is 0.352 e. The van der Waals surface area contributed by atoms with Gasteiger partial charge in [-0.2, -0.15) is 26.3 Å². The lowest BCUT2D eigenvalue weighted by Crippen LogP contribution is -2.49. The third-order valence-corrected chi connectivity index (χ3v) is 5.68. The molecule has 2 aromatic carbocycles. The number of nitrogens with one attached hydrogen (secondary N) is 1. The van der Waals surface area contributed by atoms with Crippen LogP contribution in [0, 0.1) is 0 Å². The molecule has 0 unspecified atom stereocenters. The Bertz CT molecular complexity index is 1290. The third kappa shape index (κ3) is 5.98. The molecule has 3 aromatic rings. The number of halogens is 6. The van der Waals surface area contributed by atoms with Crippen LogP contribution in [0.2, 0.25) is 0 Å². The largest absolute Gasteiger partial charge is 0.417 e. The predicted octanol–water partition coefficient (Wildman–Crippen LogP) is 4.73. The molecular formula is C24H19F6N5O2. The molecule has 1 saturated heterocycles. The van der Waals surface area contributed by atoms with Gasteiger partial charge in [-0.15, -0.1) is 10.2 Å². The van der Waals surface area contributed by atoms with Crippen LogP contribution >= 0.6 is 0 Å². The van der Waals surface area contributed by atoms with Crippen molar-refractivity contribution in [2.24, 2.45) is 0 Å². The molecule has 0 atom stereocenters. The van der Waals surface area contributed by atoms with Gasteiger partial charge in [0.05, 0.1) is 16.7 Å². The topological polar surface area (TPSA) is 78.4 Å². The van der Waals surface area contributed by atoms with E-state index in [0.717, 1.165) is 24.3 Å². The molecule has 0 bridgehead atoms. The number of hydrogen-bond donors (Lipinski definition) is 1. The molecule has 37 heavy (non-hydrogen) atoms. The third-order valence-electron chi connectivity index (χ3n) is 5.68. The maximum absolute atomic E-state index is 13.3. The van der Waals surface area contributed by atoms with Crippen molar-refractivity contribution in [3.8, 4) is 0 Å². The zero-order chi connectivity index (χ0) is 26.8. The standard InChI is InChI=1S/C24H19F6N5O2/c25-23(26,27)15-4-3-5-16(14-15)31-21(36)19-8-9-20(33-32-19)34-10-12-35(13-11-34)22(37)17-6-1-2-7-18(17)24(28,29)30/h1-9,14H,10-13H2,(H,31,36). The number of anilines is 2. The summed E-state index contributed by atoms with van der Waals surface area (Å²) in [4.78, 5) is 28.2. The van der Waals surface area contributed by atoms with Crippen molar-refractivity contribution < 1.29 is 35.9 Å². The summed E-state index contributed by atoms with van der Waals surface area (Å²) in [5, 5.41) is 10.1. The van der Waals surface area contributed by atoms with E-state index in [9.17, 15) is 35.9 Å². The van der Waals surface area contributed by atoms with E-state index in [0.29, 0.717) is 5.82 Å². The molecule has 0 radical (unpaired) electrons. The lowest BCUT2D eigenvalue weighted by atomic mass is 10.1. The Kier molecular flexibility index (Phi) is 7.05. The summed E-state index contributed by atoms with van der Waals surface area (Å²) < 4.78 is 78.4. The van der Waals surface area contributed by atoms with Crippen LogP contribution in [0.4, 0.5) is 37.8 Å². The molecule has 1 aromatic heterocycles. The molecule has 1 aliphatic heterocycles. The van der Waals surface area contributed by atoms with E-state index in [1.165, 1.54) is 41.3 Å². The highest BCUT2D eigenvalue weighted by molar-refractivity contribution is 6.02. The van der Waals surface area contributed by atoms with Gasteiger partial charge in [0.25, 0.3) is 11.8 Å². The van der Waals surface area contributed by atoms with Gasteiger partial charge in [0.1, 0.15) is 0 Å². The van der Waals surface area contributed by atoms with Gasteiger partial charge in [-0.25, -0.2) is 0 Å². The van der Waals surface area contributed by atoms with Crippen molar-refractivity contribution in [3.63, 3.8) is 0 Å². The monoisotopic (exact) mass is 523 g/mol. The lowest BCUT2D eigenvalue weighted by Gasteiger charge is -2.35. The summed E-state index contributed by atoms with van der Waals surface area (Å²) in [6, 6.07) is 11.6. The number of carbonyl (C=O) groups is 2. The van der Waals surface area contributed by atoms with Crippen molar-refractivity contribution in [1.29, 1.82) is 0 Å². The first-order chi connectivity index (χ1) is 17.4. The fourth-order valence-corrected chi connectivity index (χ4v) is 3.81. The van der Waals surface area contributed by atoms with Gasteiger partial charge in [0, 0.05) is 31.9 Å². The molecule has 13 heteroatoms. The van der Waals surface area contributed by atoms with E-state index in [2.05, 4.69) is 15.5 Å². The maximum Gasteiger partial charge on any atom is 0.417 e. The molecule has 1 fully saturated rings. The number of carbonyl (C=O) groups excluding carboxylic acids is 2. The number of piperazine rings is 1. The molecular weight excluding hydrogens is 504 g/mol. The molecule has 7 nitrogen and oxygen atoms in total. The molecule has 0 spiro atoms. The highest BCUT2D eigenvalue weighted by Crippen LogP contribution is 2.33. The quantitative estimate of drug-likeness (QED) is 0.501. The van der Waals surface area contributed by atoms with Crippen molar-refractivity contribution in [3.05, 3.63) is 83.0 Å². The van der Waals surface area contributed by atoms with Crippen LogP contribution in [0.1, 0.15) is 32.0 Å². The van der Waals surface area contributed by atoms with E-state index in [4.69, 9.17) is 0 Å². The Morgan fingerprint density at radius 1 is 0.784 bits per heavy atom. The van der Waals surface area contributed by atoms with Gasteiger partial charge in [-0.1, -0.05) is 18.2 Å². The Balaban J connectivity index is 1.37. The van der Waals surface area contributed by atoms with Crippen LogP contribution in [0.25, 0.3) is 0 Å². The molecule has 0 aliphatic carbocycles. The van der Waals surface area contributed by atoms with Gasteiger partial charge in [0.2, 0.25) is 0 Å². The summed E-state index contributed by atoms with van der Waals surface area (Å²) in [6.45, 7) is 0.823. The number of benzene rings is 2. The average molecular weight is 523 g/mol. The number of amides is 2. The van der Waals surface area contributed by atoms with Gasteiger partial charge < -0.3 is 15.1 Å². The van der Waals surface area contributed by atoms with Gasteiger partial charge >= 0.3 is 12.4 Å². The Hall–Kier alpha value is -4.16. The summed E-state index contributed by atoms with van der Waals surface area (Å²) in [6.07, 6.45) is -9.21. The fourth-order valence-electron chi connectivity index (χ4n) is 3.81. The zero-order valence-corrected chi connectivity index (χ0v) is 19.0. The first-order valence-corrected chi connectivity index (χ1v) is 11.0. The molecule has 1 N–H and O–H groups in total. The van der Waals surface area contributed by atoms with Crippen LogP contribution in [-0.4, -0.2) is 53.1 Å². The first-order valence-electron chi connectivity index (χ1n) is 11.0. The summed E-state index contributed by atoms with van der Waals surface area (Å²) in [5.41, 5.74) is -2.50. The second-order valence-corrected chi connectivity index (χ2v) is 8.13. The van der Waals surface area contributed by atoms with Crippen LogP contribution in [0.15, 0.2) is 60.7 Å². The van der Waals surface area contributed by atoms with Crippen molar-refractivity contribution in [2.45, 2.75) is 12.4 Å². The van der Waals surface area contributed by atoms with Crippen LogP contribution in [-0.2, 0) is 12.4 Å². The minimum absolute atomic E-state index is 0.0569. The second kappa shape index (κ2) is 10.1. The lowest BCUT2D eigenvalue weighted by molar-refractivity contribution is -0.138. The van der Waals surface area contributed by atoms with Crippen LogP contribution < -0.4 is 10.2 Å². The zero-order valence-electron chi connectivity index (χ0n) is 19.0. The van der Waals surface area contributed by atoms with Crippen molar-refractivity contribution in [1.82, 2.24) is 15.1 Å². The average Bonchev–Trinajstić information content (AvgIpc) is 2.87. The van der Waals surface area contributed by atoms with Gasteiger partial charge in [0.15, 0.2) is 11.5 Å². The van der Waals surface area contributed by atoms with E-state index in [1.807, 2.05) is 0 Å². The van der Waals surface area contributed by atoms with Crippen molar-refractivity contribution in [2.75, 3.05) is 36.4 Å². The first kappa shape index (κ1) is 25.9. The molecule has 194 valence electrons. The van der Waals surface area contributed by atoms with Crippen LogP contribution in [0.5, 0.6) is 0 Å². The van der Waals surface area contributed by atoms with Crippen LogP contribution in [0.3, 0.4) is 0 Å². The van der Waals surface area contributed by atoms with Gasteiger partial charge in [-0.3, -0.25) is 9.59 Å². The number of aromatic nitrogens is 2. The summed E-state index contributed by atoms with van der Waals surface area (Å²) >= 11 is 0. The molecule has 1 aliphatic rings. The highest BCUT2D eigenvalue weighted by atomic mass is 19.4. The van der Waals surface area contributed by atoms with Gasteiger partial charge in [-0.05, 0) is 42.5 Å². The number of hydrogen-bond acceptors (Lipinski definition) is 5. The molecule has 4 rings (SSSR count). The molecule has 0 saturated carbocycles. The normalized spacial score (nSPS) is 14.4. The Labute approximate surface area is 206 Å². The fraction of sp³-hybridized carbons (Fsp3) is 0.250. The maximum atomic E-state index is 13.3. The van der Waals surface area contributed by atoms with Crippen molar-refractivity contribution >= 4 is 23.3 Å². The predicted molar refractivity (Wildman–Crippen MR) is 121 cm³/mol. The summed E-state index contributed by atoms with van der Waals surface area (Å²) in [7, 11) is 0. The number of nitrogens with zero attached hydrogens (tertiary/aromatic N) is 4.